The number of aryl methyl sites for hydroxylation is 1. The first-order chi connectivity index (χ1) is 10.6. The zero-order valence-electron chi connectivity index (χ0n) is 12.0. The van der Waals surface area contributed by atoms with Crippen molar-refractivity contribution >= 4 is 39.1 Å². The van der Waals surface area contributed by atoms with E-state index in [1.807, 2.05) is 37.3 Å². The standard InChI is InChI=1S/C16H14ClN3OS/c1-3-8-18-15(21)14-9-11-10(2)19-20(16(11)22-14)13-7-5-4-6-12(13)17/h3-7,9H,1,8H2,2H3,(H,18,21). The number of hydrogen-bond donors (Lipinski definition) is 1. The van der Waals surface area contributed by atoms with Crippen LogP contribution < -0.4 is 5.32 Å². The number of carbonyl (C=O) groups is 1. The third-order valence-corrected chi connectivity index (χ3v) is 4.68. The smallest absolute Gasteiger partial charge is 0.261 e. The van der Waals surface area contributed by atoms with Gasteiger partial charge in [0.05, 0.1) is 21.3 Å². The van der Waals surface area contributed by atoms with E-state index in [0.29, 0.717) is 16.4 Å². The van der Waals surface area contributed by atoms with E-state index in [2.05, 4.69) is 17.0 Å². The van der Waals surface area contributed by atoms with Crippen LogP contribution >= 0.6 is 22.9 Å². The van der Waals surface area contributed by atoms with Gasteiger partial charge in [-0.15, -0.1) is 17.9 Å². The third-order valence-electron chi connectivity index (χ3n) is 3.26. The van der Waals surface area contributed by atoms with Gasteiger partial charge in [-0.05, 0) is 25.1 Å². The van der Waals surface area contributed by atoms with Gasteiger partial charge in [0.15, 0.2) is 0 Å². The van der Waals surface area contributed by atoms with Crippen molar-refractivity contribution in [2.24, 2.45) is 0 Å². The number of carbonyl (C=O) groups excluding carboxylic acids is 1. The number of amides is 1. The quantitative estimate of drug-likeness (QED) is 0.735. The average molecular weight is 332 g/mol. The lowest BCUT2D eigenvalue weighted by molar-refractivity contribution is 0.0962. The zero-order chi connectivity index (χ0) is 15.7. The summed E-state index contributed by atoms with van der Waals surface area (Å²) in [6, 6.07) is 9.39. The molecule has 0 aliphatic carbocycles. The molecule has 0 radical (unpaired) electrons. The predicted molar refractivity (Wildman–Crippen MR) is 91.2 cm³/mol. The molecule has 0 saturated carbocycles. The minimum absolute atomic E-state index is 0.105. The van der Waals surface area contributed by atoms with Crippen LogP contribution in [0.25, 0.3) is 15.9 Å². The molecule has 112 valence electrons. The summed E-state index contributed by atoms with van der Waals surface area (Å²) in [5.74, 6) is -0.105. The van der Waals surface area contributed by atoms with Gasteiger partial charge in [0.2, 0.25) is 0 Å². The number of thiophene rings is 1. The Morgan fingerprint density at radius 2 is 2.27 bits per heavy atom. The van der Waals surface area contributed by atoms with Gasteiger partial charge >= 0.3 is 0 Å². The Morgan fingerprint density at radius 1 is 1.50 bits per heavy atom. The van der Waals surface area contributed by atoms with Crippen LogP contribution in [0.5, 0.6) is 0 Å². The van der Waals surface area contributed by atoms with E-state index in [9.17, 15) is 4.79 Å². The predicted octanol–water partition coefficient (Wildman–Crippen LogP) is 3.96. The number of nitrogens with one attached hydrogen (secondary N) is 1. The summed E-state index contributed by atoms with van der Waals surface area (Å²) < 4.78 is 1.79. The number of halogens is 1. The second-order valence-electron chi connectivity index (χ2n) is 4.78. The fourth-order valence-corrected chi connectivity index (χ4v) is 3.51. The number of rotatable bonds is 4. The number of benzene rings is 1. The van der Waals surface area contributed by atoms with Crippen LogP contribution in [0.2, 0.25) is 5.02 Å². The van der Waals surface area contributed by atoms with Crippen LogP contribution in [-0.4, -0.2) is 22.2 Å². The maximum Gasteiger partial charge on any atom is 0.261 e. The third kappa shape index (κ3) is 2.53. The van der Waals surface area contributed by atoms with Crippen molar-refractivity contribution in [3.63, 3.8) is 0 Å². The van der Waals surface area contributed by atoms with Crippen LogP contribution in [0.3, 0.4) is 0 Å². The van der Waals surface area contributed by atoms with Crippen molar-refractivity contribution in [3.05, 3.63) is 58.6 Å². The molecule has 0 atom stereocenters. The minimum Gasteiger partial charge on any atom is -0.348 e. The summed E-state index contributed by atoms with van der Waals surface area (Å²) in [5.41, 5.74) is 1.68. The first-order valence-electron chi connectivity index (χ1n) is 6.75. The van der Waals surface area contributed by atoms with Crippen molar-refractivity contribution in [1.29, 1.82) is 0 Å². The molecular weight excluding hydrogens is 318 g/mol. The van der Waals surface area contributed by atoms with Gasteiger partial charge in [-0.25, -0.2) is 4.68 Å². The highest BCUT2D eigenvalue weighted by Gasteiger charge is 2.17. The van der Waals surface area contributed by atoms with Crippen LogP contribution in [0.4, 0.5) is 0 Å². The van der Waals surface area contributed by atoms with Crippen molar-refractivity contribution in [1.82, 2.24) is 15.1 Å². The minimum atomic E-state index is -0.105. The summed E-state index contributed by atoms with van der Waals surface area (Å²) >= 11 is 7.66. The average Bonchev–Trinajstić information content (AvgIpc) is 3.07. The number of nitrogens with zero attached hydrogens (tertiary/aromatic N) is 2. The number of para-hydroxylation sites is 1. The fraction of sp³-hybridized carbons (Fsp3) is 0.125. The van der Waals surface area contributed by atoms with E-state index in [1.54, 1.807) is 10.8 Å². The molecule has 0 spiro atoms. The van der Waals surface area contributed by atoms with E-state index in [-0.39, 0.29) is 5.91 Å². The van der Waals surface area contributed by atoms with Crippen LogP contribution in [0.15, 0.2) is 43.0 Å². The van der Waals surface area contributed by atoms with Gasteiger partial charge in [0.25, 0.3) is 5.91 Å². The van der Waals surface area contributed by atoms with Crippen molar-refractivity contribution in [3.8, 4) is 5.69 Å². The topological polar surface area (TPSA) is 46.9 Å². The molecule has 3 aromatic rings. The molecule has 0 aliphatic heterocycles. The largest absolute Gasteiger partial charge is 0.348 e. The van der Waals surface area contributed by atoms with Crippen molar-refractivity contribution in [2.75, 3.05) is 6.54 Å². The molecular formula is C16H14ClN3OS. The molecule has 2 aromatic heterocycles. The Balaban J connectivity index is 2.10. The number of hydrogen-bond acceptors (Lipinski definition) is 3. The molecule has 0 unspecified atom stereocenters. The maximum absolute atomic E-state index is 12.1. The highest BCUT2D eigenvalue weighted by Crippen LogP contribution is 2.32. The second-order valence-corrected chi connectivity index (χ2v) is 6.21. The highest BCUT2D eigenvalue weighted by molar-refractivity contribution is 7.20. The SMILES string of the molecule is C=CCNC(=O)c1cc2c(C)nn(-c3ccccc3Cl)c2s1. The number of fused-ring (bicyclic) bond motifs is 1. The molecule has 6 heteroatoms. The molecule has 1 aromatic carbocycles. The molecule has 2 heterocycles. The lowest BCUT2D eigenvalue weighted by Gasteiger charge is -2.04. The summed E-state index contributed by atoms with van der Waals surface area (Å²) in [7, 11) is 0. The maximum atomic E-state index is 12.1. The summed E-state index contributed by atoms with van der Waals surface area (Å²) in [6.45, 7) is 5.97. The fourth-order valence-electron chi connectivity index (χ4n) is 2.20. The molecule has 4 nitrogen and oxygen atoms in total. The first-order valence-corrected chi connectivity index (χ1v) is 7.94. The Morgan fingerprint density at radius 3 is 3.00 bits per heavy atom. The molecule has 1 amide bonds. The van der Waals surface area contributed by atoms with Gasteiger partial charge in [-0.1, -0.05) is 29.8 Å². The van der Waals surface area contributed by atoms with Gasteiger partial charge in [0, 0.05) is 11.9 Å². The van der Waals surface area contributed by atoms with Crippen LogP contribution in [0.1, 0.15) is 15.4 Å². The second kappa shape index (κ2) is 5.94. The van der Waals surface area contributed by atoms with Crippen molar-refractivity contribution < 1.29 is 4.79 Å². The normalized spacial score (nSPS) is 10.8. The molecule has 1 N–H and O–H groups in total. The van der Waals surface area contributed by atoms with Gasteiger partial charge < -0.3 is 5.32 Å². The van der Waals surface area contributed by atoms with Crippen LogP contribution in [0, 0.1) is 6.92 Å². The lowest BCUT2D eigenvalue weighted by Crippen LogP contribution is -2.22. The zero-order valence-corrected chi connectivity index (χ0v) is 13.5. The van der Waals surface area contributed by atoms with E-state index < -0.39 is 0 Å². The first kappa shape index (κ1) is 14.8. The number of aromatic nitrogens is 2. The Bertz CT molecular complexity index is 866. The Labute approximate surface area is 137 Å². The molecule has 0 saturated heterocycles. The van der Waals surface area contributed by atoms with E-state index >= 15 is 0 Å². The van der Waals surface area contributed by atoms with E-state index in [4.69, 9.17) is 11.6 Å². The van der Waals surface area contributed by atoms with Crippen molar-refractivity contribution in [2.45, 2.75) is 6.92 Å². The molecule has 0 bridgehead atoms. The molecule has 0 fully saturated rings. The molecule has 22 heavy (non-hydrogen) atoms. The monoisotopic (exact) mass is 331 g/mol. The van der Waals surface area contributed by atoms with E-state index in [0.717, 1.165) is 21.6 Å². The Hall–Kier alpha value is -2.11. The van der Waals surface area contributed by atoms with Gasteiger partial charge in [0.1, 0.15) is 4.83 Å². The highest BCUT2D eigenvalue weighted by atomic mass is 35.5. The lowest BCUT2D eigenvalue weighted by atomic mass is 10.3. The van der Waals surface area contributed by atoms with Gasteiger partial charge in [-0.3, -0.25) is 4.79 Å². The van der Waals surface area contributed by atoms with E-state index in [1.165, 1.54) is 11.3 Å². The van der Waals surface area contributed by atoms with Gasteiger partial charge in [-0.2, -0.15) is 5.10 Å². The summed E-state index contributed by atoms with van der Waals surface area (Å²) in [5, 5.41) is 8.91. The molecule has 0 aliphatic rings. The Kier molecular flexibility index (Phi) is 4.00. The summed E-state index contributed by atoms with van der Waals surface area (Å²) in [6.07, 6.45) is 1.65. The summed E-state index contributed by atoms with van der Waals surface area (Å²) in [4.78, 5) is 13.7. The van der Waals surface area contributed by atoms with Crippen LogP contribution in [-0.2, 0) is 0 Å². The molecule has 3 rings (SSSR count).